The number of quaternary nitrogens is 1. The molecule has 0 radical (unpaired) electrons. The first-order valence-corrected chi connectivity index (χ1v) is 9.92. The number of nitrogens with one attached hydrogen (secondary N) is 2. The van der Waals surface area contributed by atoms with E-state index in [0.717, 1.165) is 43.4 Å². The molecule has 0 saturated carbocycles. The van der Waals surface area contributed by atoms with Crippen molar-refractivity contribution in [2.75, 3.05) is 50.0 Å². The van der Waals surface area contributed by atoms with E-state index in [-0.39, 0.29) is 24.4 Å². The van der Waals surface area contributed by atoms with Crippen LogP contribution in [0.2, 0.25) is 0 Å². The number of aryl methyl sites for hydroxylation is 1. The summed E-state index contributed by atoms with van der Waals surface area (Å²) < 4.78 is 0. The molecule has 8 heteroatoms. The van der Waals surface area contributed by atoms with E-state index in [9.17, 15) is 9.59 Å². The van der Waals surface area contributed by atoms with Crippen molar-refractivity contribution in [3.8, 4) is 0 Å². The summed E-state index contributed by atoms with van der Waals surface area (Å²) in [6.07, 6.45) is 3.48. The average molecular weight is 398 g/mol. The van der Waals surface area contributed by atoms with Gasteiger partial charge in [0.15, 0.2) is 6.04 Å². The minimum Gasteiger partial charge on any atom is -0.331 e. The number of anilines is 2. The topological polar surface area (TPSA) is 82.9 Å². The van der Waals surface area contributed by atoms with E-state index >= 15 is 0 Å². The van der Waals surface area contributed by atoms with Gasteiger partial charge in [0.05, 0.1) is 32.7 Å². The molecule has 1 aliphatic rings. The van der Waals surface area contributed by atoms with Gasteiger partial charge in [0, 0.05) is 25.1 Å². The summed E-state index contributed by atoms with van der Waals surface area (Å²) in [5.41, 5.74) is 1.87. The quantitative estimate of drug-likeness (QED) is 0.716. The van der Waals surface area contributed by atoms with Gasteiger partial charge >= 0.3 is 0 Å². The summed E-state index contributed by atoms with van der Waals surface area (Å²) in [5, 5.41) is 2.84. The maximum atomic E-state index is 12.8. The van der Waals surface area contributed by atoms with E-state index in [1.54, 1.807) is 25.5 Å². The van der Waals surface area contributed by atoms with Gasteiger partial charge in [0.25, 0.3) is 5.91 Å². The van der Waals surface area contributed by atoms with E-state index in [2.05, 4.69) is 20.2 Å². The molecule has 1 aromatic heterocycles. The van der Waals surface area contributed by atoms with Gasteiger partial charge in [0.2, 0.25) is 11.9 Å². The molecule has 154 valence electrons. The lowest BCUT2D eigenvalue weighted by Crippen LogP contribution is -3.19. The number of benzene rings is 1. The monoisotopic (exact) mass is 397 g/mol. The number of aromatic nitrogens is 2. The summed E-state index contributed by atoms with van der Waals surface area (Å²) in [6.45, 7) is 7.22. The zero-order valence-corrected chi connectivity index (χ0v) is 17.3. The van der Waals surface area contributed by atoms with Crippen LogP contribution in [0, 0.1) is 6.92 Å². The van der Waals surface area contributed by atoms with Crippen molar-refractivity contribution in [3.63, 3.8) is 0 Å². The van der Waals surface area contributed by atoms with Crippen LogP contribution in [-0.2, 0) is 9.59 Å². The SMILES string of the molecule is Cc1ccc(NC(=O)CN(C)C(=O)[C@H](C)[NH+]2CCN(c3ncccn3)CC2)cc1. The summed E-state index contributed by atoms with van der Waals surface area (Å²) in [7, 11) is 1.68. The lowest BCUT2D eigenvalue weighted by atomic mass is 10.2. The molecule has 0 spiro atoms. The number of carbonyl (C=O) groups is 2. The Morgan fingerprint density at radius 2 is 1.79 bits per heavy atom. The molecule has 2 heterocycles. The number of carbonyl (C=O) groups excluding carboxylic acids is 2. The normalized spacial score (nSPS) is 15.6. The molecule has 2 aromatic rings. The molecule has 1 saturated heterocycles. The van der Waals surface area contributed by atoms with E-state index < -0.39 is 0 Å². The minimum atomic E-state index is -0.203. The number of hydrogen-bond acceptors (Lipinski definition) is 5. The lowest BCUT2D eigenvalue weighted by Gasteiger charge is -2.35. The van der Waals surface area contributed by atoms with Gasteiger partial charge in [-0.15, -0.1) is 0 Å². The molecular formula is C21H29N6O2+. The number of amides is 2. The van der Waals surface area contributed by atoms with Gasteiger partial charge in [-0.05, 0) is 32.0 Å². The summed E-state index contributed by atoms with van der Waals surface area (Å²) in [5.74, 6) is 0.511. The Morgan fingerprint density at radius 1 is 1.17 bits per heavy atom. The second-order valence-corrected chi connectivity index (χ2v) is 7.52. The maximum Gasteiger partial charge on any atom is 0.280 e. The third kappa shape index (κ3) is 5.51. The van der Waals surface area contributed by atoms with Crippen LogP contribution in [0.4, 0.5) is 11.6 Å². The molecule has 1 aliphatic heterocycles. The molecular weight excluding hydrogens is 368 g/mol. The van der Waals surface area contributed by atoms with Crippen molar-refractivity contribution in [1.82, 2.24) is 14.9 Å². The van der Waals surface area contributed by atoms with Crippen LogP contribution in [0.5, 0.6) is 0 Å². The van der Waals surface area contributed by atoms with Crippen molar-refractivity contribution in [2.45, 2.75) is 19.9 Å². The highest BCUT2D eigenvalue weighted by atomic mass is 16.2. The fraction of sp³-hybridized carbons (Fsp3) is 0.429. The average Bonchev–Trinajstić information content (AvgIpc) is 2.75. The third-order valence-electron chi connectivity index (χ3n) is 5.32. The fourth-order valence-electron chi connectivity index (χ4n) is 3.52. The van der Waals surface area contributed by atoms with Crippen LogP contribution >= 0.6 is 0 Å². The first-order valence-electron chi connectivity index (χ1n) is 9.92. The standard InChI is InChI=1S/C21H28N6O2/c1-16-5-7-18(8-6-16)24-19(28)15-25(3)20(29)17(2)26-11-13-27(14-12-26)21-22-9-4-10-23-21/h4-10,17H,11-15H2,1-3H3,(H,24,28)/p+1/t17-/m0/s1. The van der Waals surface area contributed by atoms with Crippen molar-refractivity contribution in [3.05, 3.63) is 48.3 Å². The molecule has 1 fully saturated rings. The van der Waals surface area contributed by atoms with Crippen LogP contribution < -0.4 is 15.1 Å². The van der Waals surface area contributed by atoms with Gasteiger partial charge in [-0.2, -0.15) is 0 Å². The van der Waals surface area contributed by atoms with Crippen LogP contribution in [0.25, 0.3) is 0 Å². The second kappa shape index (κ2) is 9.47. The molecule has 2 N–H and O–H groups in total. The molecule has 8 nitrogen and oxygen atoms in total. The van der Waals surface area contributed by atoms with Crippen LogP contribution in [0.3, 0.4) is 0 Å². The Labute approximate surface area is 171 Å². The molecule has 0 bridgehead atoms. The zero-order valence-electron chi connectivity index (χ0n) is 17.3. The zero-order chi connectivity index (χ0) is 20.8. The van der Waals surface area contributed by atoms with E-state index in [1.165, 1.54) is 9.80 Å². The van der Waals surface area contributed by atoms with Crippen LogP contribution in [0.1, 0.15) is 12.5 Å². The van der Waals surface area contributed by atoms with Gasteiger partial charge < -0.3 is 20.0 Å². The Morgan fingerprint density at radius 3 is 2.41 bits per heavy atom. The second-order valence-electron chi connectivity index (χ2n) is 7.52. The van der Waals surface area contributed by atoms with E-state index in [0.29, 0.717) is 0 Å². The highest BCUT2D eigenvalue weighted by molar-refractivity contribution is 5.94. The number of piperazine rings is 1. The first-order chi connectivity index (χ1) is 13.9. The molecule has 0 aliphatic carbocycles. The molecule has 0 unspecified atom stereocenters. The Balaban J connectivity index is 1.48. The lowest BCUT2D eigenvalue weighted by molar-refractivity contribution is -0.915. The Bertz CT molecular complexity index is 819. The molecule has 2 amide bonds. The summed E-state index contributed by atoms with van der Waals surface area (Å²) >= 11 is 0. The molecule has 1 aromatic carbocycles. The largest absolute Gasteiger partial charge is 0.331 e. The first kappa shape index (κ1) is 20.7. The van der Waals surface area contributed by atoms with Crippen LogP contribution in [-0.4, -0.2) is 72.5 Å². The highest BCUT2D eigenvalue weighted by Gasteiger charge is 2.32. The van der Waals surface area contributed by atoms with Crippen molar-refractivity contribution >= 4 is 23.5 Å². The maximum absolute atomic E-state index is 12.8. The summed E-state index contributed by atoms with van der Waals surface area (Å²) in [6, 6.07) is 9.20. The van der Waals surface area contributed by atoms with E-state index in [1.807, 2.05) is 38.1 Å². The van der Waals surface area contributed by atoms with Gasteiger partial charge in [-0.3, -0.25) is 9.59 Å². The van der Waals surface area contributed by atoms with Gasteiger partial charge in [-0.25, -0.2) is 9.97 Å². The molecule has 1 atom stereocenters. The predicted molar refractivity (Wildman–Crippen MR) is 112 cm³/mol. The number of hydrogen-bond donors (Lipinski definition) is 2. The number of rotatable bonds is 6. The Hall–Kier alpha value is -3.00. The predicted octanol–water partition coefficient (Wildman–Crippen LogP) is -0.0245. The summed E-state index contributed by atoms with van der Waals surface area (Å²) in [4.78, 5) is 38.5. The highest BCUT2D eigenvalue weighted by Crippen LogP contribution is 2.08. The number of nitrogens with zero attached hydrogens (tertiary/aromatic N) is 4. The number of likely N-dealkylation sites (N-methyl/N-ethyl adjacent to an activating group) is 1. The van der Waals surface area contributed by atoms with Crippen LogP contribution in [0.15, 0.2) is 42.7 Å². The van der Waals surface area contributed by atoms with Gasteiger partial charge in [0.1, 0.15) is 0 Å². The third-order valence-corrected chi connectivity index (χ3v) is 5.32. The van der Waals surface area contributed by atoms with Gasteiger partial charge in [-0.1, -0.05) is 17.7 Å². The van der Waals surface area contributed by atoms with Crippen molar-refractivity contribution in [1.29, 1.82) is 0 Å². The molecule has 3 rings (SSSR count). The fourth-order valence-corrected chi connectivity index (χ4v) is 3.52. The van der Waals surface area contributed by atoms with E-state index in [4.69, 9.17) is 0 Å². The van der Waals surface area contributed by atoms with Crippen molar-refractivity contribution in [2.24, 2.45) is 0 Å². The minimum absolute atomic E-state index is 0.0246. The Kier molecular flexibility index (Phi) is 6.77. The van der Waals surface area contributed by atoms with Crippen molar-refractivity contribution < 1.29 is 14.5 Å². The smallest absolute Gasteiger partial charge is 0.280 e. The molecule has 29 heavy (non-hydrogen) atoms.